The molecule has 3 atom stereocenters. The normalized spacial score (nSPS) is 18.1. The zero-order valence-electron chi connectivity index (χ0n) is 23.1. The highest BCUT2D eigenvalue weighted by Gasteiger charge is 2.36. The lowest BCUT2D eigenvalue weighted by Crippen LogP contribution is -2.41. The van der Waals surface area contributed by atoms with Crippen LogP contribution in [0.1, 0.15) is 40.4 Å². The molecule has 0 spiro atoms. The van der Waals surface area contributed by atoms with Crippen LogP contribution in [0.15, 0.2) is 72.8 Å². The van der Waals surface area contributed by atoms with E-state index in [0.29, 0.717) is 53.3 Å². The maximum Gasteiger partial charge on any atom is 0.335 e. The lowest BCUT2D eigenvalue weighted by atomic mass is 9.99. The number of para-hydroxylation sites is 1. The summed E-state index contributed by atoms with van der Waals surface area (Å²) >= 11 is 0. The van der Waals surface area contributed by atoms with Crippen molar-refractivity contribution in [1.29, 1.82) is 0 Å². The van der Waals surface area contributed by atoms with Crippen molar-refractivity contribution in [2.24, 2.45) is 0 Å². The number of halogens is 2. The molecule has 0 bridgehead atoms. The molecule has 42 heavy (non-hydrogen) atoms. The van der Waals surface area contributed by atoms with Crippen LogP contribution in [0.2, 0.25) is 0 Å². The van der Waals surface area contributed by atoms with Crippen LogP contribution in [0, 0.1) is 18.6 Å². The van der Waals surface area contributed by atoms with Gasteiger partial charge in [-0.2, -0.15) is 5.10 Å². The zero-order chi connectivity index (χ0) is 29.8. The van der Waals surface area contributed by atoms with Crippen molar-refractivity contribution in [1.82, 2.24) is 20.4 Å². The predicted molar refractivity (Wildman–Crippen MR) is 154 cm³/mol. The Morgan fingerprint density at radius 2 is 1.81 bits per heavy atom. The van der Waals surface area contributed by atoms with Gasteiger partial charge in [-0.15, -0.1) is 0 Å². The summed E-state index contributed by atoms with van der Waals surface area (Å²) in [6.45, 7) is 2.33. The standard InChI is InChI=1S/C31H31F2N5O4/c1-18-27(19-8-10-20(11-9-19)30(39)40)37-38(23-6-4-3-5-7-23)29(18)36-31(41)35-26-17-22(14-15-42-2)34-28(26)21-12-13-24(32)25(33)16-21/h3-13,16,22,26,28,34H,14-15,17H2,1-2H3,(H,39,40)(H2,35,36,41)/t22-,26-,28+/m1/s1. The number of nitrogens with zero attached hydrogens (tertiary/aromatic N) is 2. The molecule has 2 heterocycles. The molecule has 5 rings (SSSR count). The monoisotopic (exact) mass is 575 g/mol. The Morgan fingerprint density at radius 1 is 1.07 bits per heavy atom. The highest BCUT2D eigenvalue weighted by atomic mass is 19.2. The molecule has 1 saturated heterocycles. The number of methoxy groups -OCH3 is 1. The van der Waals surface area contributed by atoms with Crippen LogP contribution < -0.4 is 16.0 Å². The van der Waals surface area contributed by atoms with Gasteiger partial charge in [-0.25, -0.2) is 23.1 Å². The Kier molecular flexibility index (Phi) is 8.60. The van der Waals surface area contributed by atoms with E-state index in [1.54, 1.807) is 23.9 Å². The quantitative estimate of drug-likeness (QED) is 0.211. The van der Waals surface area contributed by atoms with E-state index in [1.807, 2.05) is 37.3 Å². The minimum absolute atomic E-state index is 0.00896. The third-order valence-electron chi connectivity index (χ3n) is 7.41. The van der Waals surface area contributed by atoms with Crippen molar-refractivity contribution in [2.45, 2.75) is 37.9 Å². The minimum atomic E-state index is -1.03. The van der Waals surface area contributed by atoms with E-state index < -0.39 is 35.7 Å². The maximum atomic E-state index is 14.1. The van der Waals surface area contributed by atoms with E-state index in [0.717, 1.165) is 12.1 Å². The lowest BCUT2D eigenvalue weighted by molar-refractivity contribution is 0.0697. The summed E-state index contributed by atoms with van der Waals surface area (Å²) in [7, 11) is 1.61. The number of rotatable bonds is 9. The molecule has 9 nitrogen and oxygen atoms in total. The largest absolute Gasteiger partial charge is 0.478 e. The van der Waals surface area contributed by atoms with Crippen LogP contribution in [0.5, 0.6) is 0 Å². The number of hydrogen-bond donors (Lipinski definition) is 4. The third-order valence-corrected chi connectivity index (χ3v) is 7.41. The highest BCUT2D eigenvalue weighted by molar-refractivity contribution is 5.91. The van der Waals surface area contributed by atoms with Gasteiger partial charge in [0.05, 0.1) is 29.0 Å². The van der Waals surface area contributed by atoms with Gasteiger partial charge in [0.25, 0.3) is 0 Å². The number of aromatic carboxylic acids is 1. The highest BCUT2D eigenvalue weighted by Crippen LogP contribution is 2.32. The average Bonchev–Trinajstić information content (AvgIpc) is 3.54. The molecule has 0 saturated carbocycles. The van der Waals surface area contributed by atoms with Gasteiger partial charge >= 0.3 is 12.0 Å². The van der Waals surface area contributed by atoms with Gasteiger partial charge in [0.2, 0.25) is 0 Å². The van der Waals surface area contributed by atoms with Gasteiger partial charge in [0, 0.05) is 30.9 Å². The van der Waals surface area contributed by atoms with Crippen molar-refractivity contribution in [3.8, 4) is 16.9 Å². The third kappa shape index (κ3) is 6.17. The lowest BCUT2D eigenvalue weighted by Gasteiger charge is -2.22. The van der Waals surface area contributed by atoms with Gasteiger partial charge in [0.1, 0.15) is 5.82 Å². The smallest absolute Gasteiger partial charge is 0.335 e. The van der Waals surface area contributed by atoms with Crippen LogP contribution in [0.4, 0.5) is 19.4 Å². The Balaban J connectivity index is 1.43. The Hall–Kier alpha value is -4.61. The molecule has 2 amide bonds. The number of amides is 2. The van der Waals surface area contributed by atoms with Crippen molar-refractivity contribution in [3.63, 3.8) is 0 Å². The summed E-state index contributed by atoms with van der Waals surface area (Å²) in [4.78, 5) is 24.8. The van der Waals surface area contributed by atoms with E-state index in [1.165, 1.54) is 18.2 Å². The number of benzene rings is 3. The number of carbonyl (C=O) groups is 2. The minimum Gasteiger partial charge on any atom is -0.478 e. The van der Waals surface area contributed by atoms with Crippen molar-refractivity contribution >= 4 is 17.8 Å². The number of anilines is 1. The second-order valence-electron chi connectivity index (χ2n) is 10.2. The fourth-order valence-corrected chi connectivity index (χ4v) is 5.27. The van der Waals surface area contributed by atoms with Crippen molar-refractivity contribution in [3.05, 3.63) is 101 Å². The van der Waals surface area contributed by atoms with Crippen LogP contribution in [0.3, 0.4) is 0 Å². The molecule has 0 unspecified atom stereocenters. The molecule has 11 heteroatoms. The van der Waals surface area contributed by atoms with Crippen molar-refractivity contribution < 1.29 is 28.2 Å². The van der Waals surface area contributed by atoms with Crippen LogP contribution in [0.25, 0.3) is 16.9 Å². The van der Waals surface area contributed by atoms with Gasteiger partial charge in [0.15, 0.2) is 11.6 Å². The second kappa shape index (κ2) is 12.5. The molecule has 4 aromatic rings. The van der Waals surface area contributed by atoms with E-state index in [2.05, 4.69) is 16.0 Å². The maximum absolute atomic E-state index is 14.1. The summed E-state index contributed by atoms with van der Waals surface area (Å²) in [6.07, 6.45) is 1.24. The number of urea groups is 1. The second-order valence-corrected chi connectivity index (χ2v) is 10.2. The van der Waals surface area contributed by atoms with E-state index >= 15 is 0 Å². The molecule has 1 aromatic heterocycles. The molecular formula is C31H31F2N5O4. The number of carboxylic acids is 1. The van der Waals surface area contributed by atoms with Crippen LogP contribution >= 0.6 is 0 Å². The summed E-state index contributed by atoms with van der Waals surface area (Å²) in [5, 5.41) is 23.4. The van der Waals surface area contributed by atoms with Crippen LogP contribution in [-0.4, -0.2) is 52.7 Å². The first-order valence-corrected chi connectivity index (χ1v) is 13.5. The van der Waals surface area contributed by atoms with Gasteiger partial charge in [-0.1, -0.05) is 36.4 Å². The molecule has 0 radical (unpaired) electrons. The topological polar surface area (TPSA) is 118 Å². The molecule has 0 aliphatic carbocycles. The average molecular weight is 576 g/mol. The first-order valence-electron chi connectivity index (χ1n) is 13.5. The zero-order valence-corrected chi connectivity index (χ0v) is 23.1. The van der Waals surface area contributed by atoms with Gasteiger partial charge in [-0.05, 0) is 61.7 Å². The first-order chi connectivity index (χ1) is 20.2. The number of ether oxygens (including phenoxy) is 1. The predicted octanol–water partition coefficient (Wildman–Crippen LogP) is 5.45. The summed E-state index contributed by atoms with van der Waals surface area (Å²) in [5.74, 6) is -2.49. The number of aromatic nitrogens is 2. The fourth-order valence-electron chi connectivity index (χ4n) is 5.27. The van der Waals surface area contributed by atoms with Gasteiger partial charge < -0.3 is 20.5 Å². The number of nitrogens with one attached hydrogen (secondary N) is 3. The van der Waals surface area contributed by atoms with E-state index in [9.17, 15) is 23.5 Å². The number of carbonyl (C=O) groups excluding carboxylic acids is 1. The molecule has 3 aromatic carbocycles. The van der Waals surface area contributed by atoms with Gasteiger partial charge in [-0.3, -0.25) is 5.32 Å². The van der Waals surface area contributed by atoms with E-state index in [4.69, 9.17) is 9.84 Å². The van der Waals surface area contributed by atoms with Crippen molar-refractivity contribution in [2.75, 3.05) is 19.0 Å². The molecule has 1 aliphatic rings. The summed E-state index contributed by atoms with van der Waals surface area (Å²) in [6, 6.07) is 18.0. The summed E-state index contributed by atoms with van der Waals surface area (Å²) < 4.78 is 34.6. The Morgan fingerprint density at radius 3 is 2.48 bits per heavy atom. The molecule has 1 aliphatic heterocycles. The Labute approximate surface area is 241 Å². The first kappa shape index (κ1) is 28.9. The molecule has 4 N–H and O–H groups in total. The molecular weight excluding hydrogens is 544 g/mol. The summed E-state index contributed by atoms with van der Waals surface area (Å²) in [5.41, 5.74) is 3.34. The SMILES string of the molecule is COCC[C@@H]1C[C@@H](NC(=O)Nc2c(C)c(-c3ccc(C(=O)O)cc3)nn2-c2ccccc2)[C@H](c2ccc(F)c(F)c2)N1. The Bertz CT molecular complexity index is 1580. The van der Waals surface area contributed by atoms with Crippen LogP contribution in [-0.2, 0) is 4.74 Å². The molecule has 218 valence electrons. The number of hydrogen-bond acceptors (Lipinski definition) is 5. The fraction of sp³-hybridized carbons (Fsp3) is 0.258. The molecule has 1 fully saturated rings. The number of carboxylic acid groups (broad SMARTS) is 1. The van der Waals surface area contributed by atoms with E-state index in [-0.39, 0.29) is 11.6 Å².